The minimum Gasteiger partial charge on any atom is -0.461 e. The molecule has 1 N–H and O–H groups in total. The molecule has 0 spiro atoms. The highest BCUT2D eigenvalue weighted by molar-refractivity contribution is 5.94. The Balaban J connectivity index is 2.31. The molecule has 0 fully saturated rings. The Bertz CT molecular complexity index is 685. The van der Waals surface area contributed by atoms with Gasteiger partial charge in [-0.25, -0.2) is 0 Å². The third kappa shape index (κ3) is 1.14. The van der Waals surface area contributed by atoms with Gasteiger partial charge in [0, 0.05) is 17.0 Å². The predicted molar refractivity (Wildman–Crippen MR) is 60.7 cm³/mol. The van der Waals surface area contributed by atoms with Crippen molar-refractivity contribution >= 4 is 10.8 Å². The van der Waals surface area contributed by atoms with Gasteiger partial charge in [0.15, 0.2) is 5.76 Å². The summed E-state index contributed by atoms with van der Waals surface area (Å²) < 4.78 is 5.52. The van der Waals surface area contributed by atoms with Crippen LogP contribution in [0.25, 0.3) is 22.2 Å². The standard InChI is InChI=1S/C13H8N2O/c14-7-9-5-6-15-12(9)13-11-4-2-1-3-10(11)8-16-13/h1-6,8,15H. The van der Waals surface area contributed by atoms with Crippen LogP contribution < -0.4 is 0 Å². The van der Waals surface area contributed by atoms with Crippen molar-refractivity contribution in [2.24, 2.45) is 0 Å². The smallest absolute Gasteiger partial charge is 0.159 e. The summed E-state index contributed by atoms with van der Waals surface area (Å²) in [5.74, 6) is 0.720. The number of aromatic nitrogens is 1. The summed E-state index contributed by atoms with van der Waals surface area (Å²) in [6, 6.07) is 11.8. The minimum absolute atomic E-state index is 0.597. The van der Waals surface area contributed by atoms with E-state index in [9.17, 15) is 0 Å². The van der Waals surface area contributed by atoms with Gasteiger partial charge in [0.25, 0.3) is 0 Å². The van der Waals surface area contributed by atoms with Crippen LogP contribution in [0.1, 0.15) is 5.56 Å². The number of nitrogens with one attached hydrogen (secondary N) is 1. The van der Waals surface area contributed by atoms with Gasteiger partial charge in [0.05, 0.1) is 11.8 Å². The lowest BCUT2D eigenvalue weighted by molar-refractivity contribution is 0.585. The topological polar surface area (TPSA) is 52.7 Å². The Morgan fingerprint density at radius 2 is 2.06 bits per heavy atom. The highest BCUT2D eigenvalue weighted by Crippen LogP contribution is 2.31. The van der Waals surface area contributed by atoms with Crippen LogP contribution in [0.4, 0.5) is 0 Å². The lowest BCUT2D eigenvalue weighted by Gasteiger charge is -1.94. The summed E-state index contributed by atoms with van der Waals surface area (Å²) in [6.07, 6.45) is 3.44. The minimum atomic E-state index is 0.597. The van der Waals surface area contributed by atoms with Crippen molar-refractivity contribution in [3.8, 4) is 17.5 Å². The fourth-order valence-corrected chi connectivity index (χ4v) is 1.84. The average molecular weight is 208 g/mol. The zero-order valence-corrected chi connectivity index (χ0v) is 8.40. The number of nitriles is 1. The van der Waals surface area contributed by atoms with Gasteiger partial charge in [-0.15, -0.1) is 0 Å². The van der Waals surface area contributed by atoms with Crippen LogP contribution in [0.5, 0.6) is 0 Å². The van der Waals surface area contributed by atoms with Gasteiger partial charge < -0.3 is 9.40 Å². The lowest BCUT2D eigenvalue weighted by atomic mass is 10.1. The second-order valence-corrected chi connectivity index (χ2v) is 3.53. The molecule has 0 aliphatic carbocycles. The number of H-pyrrole nitrogens is 1. The Morgan fingerprint density at radius 1 is 1.19 bits per heavy atom. The second-order valence-electron chi connectivity index (χ2n) is 3.53. The highest BCUT2D eigenvalue weighted by Gasteiger charge is 2.12. The number of benzene rings is 1. The van der Waals surface area contributed by atoms with Crippen molar-refractivity contribution in [2.45, 2.75) is 0 Å². The molecule has 0 saturated heterocycles. The van der Waals surface area contributed by atoms with E-state index in [1.807, 2.05) is 24.3 Å². The maximum Gasteiger partial charge on any atom is 0.159 e. The number of hydrogen-bond acceptors (Lipinski definition) is 2. The molecule has 0 saturated carbocycles. The average Bonchev–Trinajstić information content (AvgIpc) is 2.94. The van der Waals surface area contributed by atoms with Gasteiger partial charge in [0.2, 0.25) is 0 Å². The van der Waals surface area contributed by atoms with Crippen molar-refractivity contribution in [3.05, 3.63) is 48.4 Å². The zero-order valence-electron chi connectivity index (χ0n) is 8.40. The van der Waals surface area contributed by atoms with E-state index in [1.165, 1.54) is 0 Å². The molecule has 76 valence electrons. The molecule has 3 nitrogen and oxygen atoms in total. The van der Waals surface area contributed by atoms with Gasteiger partial charge in [-0.2, -0.15) is 5.26 Å². The molecule has 16 heavy (non-hydrogen) atoms. The van der Waals surface area contributed by atoms with Crippen LogP contribution in [0.2, 0.25) is 0 Å². The number of rotatable bonds is 1. The van der Waals surface area contributed by atoms with Gasteiger partial charge in [-0.1, -0.05) is 24.3 Å². The summed E-state index contributed by atoms with van der Waals surface area (Å²) in [5, 5.41) is 11.0. The molecule has 3 heteroatoms. The highest BCUT2D eigenvalue weighted by atomic mass is 16.3. The third-order valence-electron chi connectivity index (χ3n) is 2.60. The zero-order chi connectivity index (χ0) is 11.0. The van der Waals surface area contributed by atoms with Crippen molar-refractivity contribution in [1.82, 2.24) is 4.98 Å². The van der Waals surface area contributed by atoms with Crippen LogP contribution in [0.3, 0.4) is 0 Å². The van der Waals surface area contributed by atoms with Gasteiger partial charge >= 0.3 is 0 Å². The molecule has 0 aliphatic heterocycles. The van der Waals surface area contributed by atoms with Crippen molar-refractivity contribution in [1.29, 1.82) is 5.26 Å². The molecule has 2 aromatic heterocycles. The maximum atomic E-state index is 8.97. The molecule has 0 aliphatic rings. The first kappa shape index (κ1) is 8.81. The largest absolute Gasteiger partial charge is 0.461 e. The molecule has 0 amide bonds. The third-order valence-corrected chi connectivity index (χ3v) is 2.60. The van der Waals surface area contributed by atoms with E-state index in [1.54, 1.807) is 18.5 Å². The molecule has 1 aromatic carbocycles. The first-order chi connectivity index (χ1) is 7.90. The number of nitrogens with zero attached hydrogens (tertiary/aromatic N) is 1. The summed E-state index contributed by atoms with van der Waals surface area (Å²) in [5.41, 5.74) is 1.34. The summed E-state index contributed by atoms with van der Waals surface area (Å²) >= 11 is 0. The van der Waals surface area contributed by atoms with Gasteiger partial charge in [-0.3, -0.25) is 0 Å². The number of fused-ring (bicyclic) bond motifs is 1. The fourth-order valence-electron chi connectivity index (χ4n) is 1.84. The molecule has 2 heterocycles. The number of hydrogen-bond donors (Lipinski definition) is 1. The number of aromatic amines is 1. The SMILES string of the molecule is N#Cc1cc[nH]c1-c1occ2ccccc12. The maximum absolute atomic E-state index is 8.97. The monoisotopic (exact) mass is 208 g/mol. The summed E-state index contributed by atoms with van der Waals surface area (Å²) in [4.78, 5) is 3.03. The molecule has 3 rings (SSSR count). The van der Waals surface area contributed by atoms with Crippen LogP contribution in [0.15, 0.2) is 47.2 Å². The Labute approximate surface area is 91.9 Å². The summed E-state index contributed by atoms with van der Waals surface area (Å²) in [7, 11) is 0. The lowest BCUT2D eigenvalue weighted by Crippen LogP contribution is -1.78. The molecule has 0 atom stereocenters. The molecule has 0 bridgehead atoms. The molecule has 3 aromatic rings. The van der Waals surface area contributed by atoms with E-state index < -0.39 is 0 Å². The van der Waals surface area contributed by atoms with Crippen LogP contribution in [-0.2, 0) is 0 Å². The first-order valence-electron chi connectivity index (χ1n) is 4.94. The molecular weight excluding hydrogens is 200 g/mol. The van der Waals surface area contributed by atoms with E-state index in [0.717, 1.165) is 22.2 Å². The molecule has 0 unspecified atom stereocenters. The van der Waals surface area contributed by atoms with Crippen LogP contribution >= 0.6 is 0 Å². The van der Waals surface area contributed by atoms with Crippen LogP contribution in [0, 0.1) is 11.3 Å². The predicted octanol–water partition coefficient (Wildman–Crippen LogP) is 3.30. The Hall–Kier alpha value is -2.47. The van der Waals surface area contributed by atoms with E-state index in [2.05, 4.69) is 11.1 Å². The molecule has 0 radical (unpaired) electrons. The van der Waals surface area contributed by atoms with E-state index in [0.29, 0.717) is 5.56 Å². The quantitative estimate of drug-likeness (QED) is 0.667. The first-order valence-corrected chi connectivity index (χ1v) is 4.94. The Morgan fingerprint density at radius 3 is 2.94 bits per heavy atom. The van der Waals surface area contributed by atoms with Crippen LogP contribution in [-0.4, -0.2) is 4.98 Å². The van der Waals surface area contributed by atoms with E-state index in [4.69, 9.17) is 9.68 Å². The Kier molecular flexibility index (Phi) is 1.81. The summed E-state index contributed by atoms with van der Waals surface area (Å²) in [6.45, 7) is 0. The van der Waals surface area contributed by atoms with E-state index >= 15 is 0 Å². The van der Waals surface area contributed by atoms with Gasteiger partial charge in [-0.05, 0) is 6.07 Å². The normalized spacial score (nSPS) is 10.4. The fraction of sp³-hybridized carbons (Fsp3) is 0. The molecular formula is C13H8N2O. The van der Waals surface area contributed by atoms with Gasteiger partial charge in [0.1, 0.15) is 11.8 Å². The van der Waals surface area contributed by atoms with Crippen molar-refractivity contribution in [2.75, 3.05) is 0 Å². The number of furan rings is 1. The second kappa shape index (κ2) is 3.28. The van der Waals surface area contributed by atoms with E-state index in [-0.39, 0.29) is 0 Å². The van der Waals surface area contributed by atoms with Crippen molar-refractivity contribution < 1.29 is 4.42 Å². The van der Waals surface area contributed by atoms with Crippen molar-refractivity contribution in [3.63, 3.8) is 0 Å².